The molecule has 0 amide bonds. The van der Waals surface area contributed by atoms with E-state index >= 15 is 0 Å². The Hall–Kier alpha value is -8.12. The lowest BCUT2D eigenvalue weighted by molar-refractivity contribution is -0.688. The molecule has 456 valence electrons. The molecule has 4 aromatic heterocycles. The van der Waals surface area contributed by atoms with Crippen molar-refractivity contribution in [3.8, 4) is 68.2 Å². The molecule has 4 aliphatic heterocycles. The van der Waals surface area contributed by atoms with Gasteiger partial charge in [-0.15, -0.1) is 0 Å². The molecule has 0 N–H and O–H groups in total. The highest BCUT2D eigenvalue weighted by Gasteiger charge is 2.42. The minimum atomic E-state index is -0.109. The summed E-state index contributed by atoms with van der Waals surface area (Å²) >= 11 is 0. The molecular formula is C76H86N4O8+2. The zero-order valence-corrected chi connectivity index (χ0v) is 52.5. The van der Waals surface area contributed by atoms with Crippen LogP contribution in [0.1, 0.15) is 221 Å². The Morgan fingerprint density at radius 2 is 0.568 bits per heavy atom. The zero-order chi connectivity index (χ0) is 60.1. The van der Waals surface area contributed by atoms with Gasteiger partial charge < -0.3 is 37.9 Å². The van der Waals surface area contributed by atoms with E-state index in [0.29, 0.717) is 13.1 Å². The first-order valence-corrected chi connectivity index (χ1v) is 32.9. The Morgan fingerprint density at radius 1 is 0.330 bits per heavy atom. The van der Waals surface area contributed by atoms with Crippen LogP contribution in [0.15, 0.2) is 122 Å². The highest BCUT2D eigenvalue weighted by Crippen LogP contribution is 2.58. The first-order chi connectivity index (χ1) is 43.3. The van der Waals surface area contributed by atoms with Gasteiger partial charge in [-0.3, -0.25) is 9.97 Å². The lowest BCUT2D eigenvalue weighted by Gasteiger charge is -2.37. The van der Waals surface area contributed by atoms with Crippen molar-refractivity contribution < 1.29 is 47.0 Å². The molecule has 5 aliphatic rings. The number of ether oxygens (including phenoxy) is 8. The molecule has 0 spiro atoms. The maximum Gasteiger partial charge on any atom is 0.230 e. The summed E-state index contributed by atoms with van der Waals surface area (Å²) in [5.41, 5.74) is 17.7. The summed E-state index contributed by atoms with van der Waals surface area (Å²) in [5, 5.41) is 0. The molecule has 8 aromatic rings. The SMILES string of the molecule is CCCCCC1c2cc3c4c(C)c2OCOc2c1cc1c(c2C[n+]2ccc(-c5ccncc5)cc2)OCOc2c(cc5c(c2C)OCOc2c(cc(c(c2C[n+]2ccc(-c6ccncc6)cc2)OCO4)C3CCCCC)C5CCCCC)C1CCCCC. The predicted octanol–water partition coefficient (Wildman–Crippen LogP) is 17.2. The zero-order valence-electron chi connectivity index (χ0n) is 52.5. The first-order valence-electron chi connectivity index (χ1n) is 32.9. The van der Waals surface area contributed by atoms with Crippen LogP contribution in [0, 0.1) is 13.8 Å². The number of aromatic nitrogens is 4. The van der Waals surface area contributed by atoms with Gasteiger partial charge in [0.15, 0.2) is 37.9 Å². The van der Waals surface area contributed by atoms with E-state index in [1.165, 1.54) is 44.5 Å². The number of hydrogen-bond donors (Lipinski definition) is 0. The summed E-state index contributed by atoms with van der Waals surface area (Å²) in [4.78, 5) is 8.59. The summed E-state index contributed by atoms with van der Waals surface area (Å²) in [6, 6.07) is 27.0. The van der Waals surface area contributed by atoms with Crippen molar-refractivity contribution >= 4 is 0 Å². The van der Waals surface area contributed by atoms with Gasteiger partial charge in [-0.2, -0.15) is 0 Å². The number of pyridine rings is 4. The monoisotopic (exact) mass is 1180 g/mol. The number of rotatable bonds is 22. The summed E-state index contributed by atoms with van der Waals surface area (Å²) in [6.07, 6.45) is 32.5. The highest BCUT2D eigenvalue weighted by atomic mass is 16.7. The fourth-order valence-electron chi connectivity index (χ4n) is 14.8. The van der Waals surface area contributed by atoms with Gasteiger partial charge in [0.05, 0.1) is 0 Å². The molecule has 1 aliphatic carbocycles. The first kappa shape index (κ1) is 58.9. The second kappa shape index (κ2) is 26.7. The molecule has 8 bridgehead atoms. The molecule has 0 saturated carbocycles. The molecule has 12 nitrogen and oxygen atoms in total. The van der Waals surface area contributed by atoms with Gasteiger partial charge in [-0.05, 0) is 110 Å². The molecule has 12 heteroatoms. The fraction of sp³-hybridized carbons (Fsp3) is 0.421. The van der Waals surface area contributed by atoms with E-state index in [-0.39, 0.29) is 50.8 Å². The molecule has 13 rings (SSSR count). The van der Waals surface area contributed by atoms with E-state index < -0.39 is 0 Å². The van der Waals surface area contributed by atoms with E-state index in [9.17, 15) is 0 Å². The number of nitrogens with zero attached hydrogens (tertiary/aromatic N) is 4. The van der Waals surface area contributed by atoms with Gasteiger partial charge in [0, 0.05) is 128 Å². The topological polar surface area (TPSA) is 107 Å². The summed E-state index contributed by atoms with van der Waals surface area (Å²) < 4.78 is 61.8. The van der Waals surface area contributed by atoms with Crippen LogP contribution >= 0.6 is 0 Å². The number of hydrogen-bond acceptors (Lipinski definition) is 10. The standard InChI is InChI=1S/C76H86N4O8/c1-7-11-15-19-55-59-39-60-56(20-16-12-8-2)65-42-66-58(22-18-14-10-4)62-40-61-57(21-17-13-9-3)64-41-63(55)73-67(43-79-35-27-53(28-36-79)51-23-31-77-32-24-51)74(64)86-47-83-71(61)50(6)72(62)84-48-88-76(66)68(44-80-37-29-54(30-38-80)52-25-33-78-34-26-52)75(65)87-46-82-70(60)49(5)69(59)81-45-85-73/h23-42,55-58H,7-22,43-48H2,1-6H3/q+2. The van der Waals surface area contributed by atoms with Gasteiger partial charge >= 0.3 is 0 Å². The van der Waals surface area contributed by atoms with Crippen LogP contribution in [0.25, 0.3) is 22.3 Å². The van der Waals surface area contributed by atoms with Gasteiger partial charge in [0.2, 0.25) is 27.2 Å². The van der Waals surface area contributed by atoms with Gasteiger partial charge in [0.25, 0.3) is 0 Å². The molecule has 8 heterocycles. The van der Waals surface area contributed by atoms with Crippen molar-refractivity contribution in [2.45, 2.75) is 181 Å². The predicted molar refractivity (Wildman–Crippen MR) is 342 cm³/mol. The van der Waals surface area contributed by atoms with Crippen LogP contribution in [0.4, 0.5) is 0 Å². The average Bonchev–Trinajstić information content (AvgIpc) is 0.792. The normalized spacial score (nSPS) is 17.4. The van der Waals surface area contributed by atoms with Gasteiger partial charge in [0.1, 0.15) is 57.1 Å². The molecule has 4 atom stereocenters. The highest BCUT2D eigenvalue weighted by molar-refractivity contribution is 5.70. The summed E-state index contributed by atoms with van der Waals surface area (Å²) in [7, 11) is 0. The second-order valence-electron chi connectivity index (χ2n) is 24.9. The number of benzene rings is 4. The van der Waals surface area contributed by atoms with Crippen molar-refractivity contribution in [2.75, 3.05) is 27.2 Å². The minimum Gasteiger partial charge on any atom is -0.457 e. The molecule has 0 radical (unpaired) electrons. The largest absolute Gasteiger partial charge is 0.457 e. The molecule has 0 saturated heterocycles. The molecule has 0 fully saturated rings. The Kier molecular flexibility index (Phi) is 17.9. The summed E-state index contributed by atoms with van der Waals surface area (Å²) in [5.74, 6) is 6.13. The Balaban J connectivity index is 1.12. The molecule has 4 unspecified atom stereocenters. The molecular weight excluding hydrogens is 1100 g/mol. The number of unbranched alkanes of at least 4 members (excludes halogenated alkanes) is 8. The molecule has 4 aromatic carbocycles. The lowest BCUT2D eigenvalue weighted by Crippen LogP contribution is -2.35. The van der Waals surface area contributed by atoms with Crippen LogP contribution in [0.3, 0.4) is 0 Å². The van der Waals surface area contributed by atoms with Crippen LogP contribution in [-0.4, -0.2) is 37.1 Å². The van der Waals surface area contributed by atoms with E-state index in [4.69, 9.17) is 37.9 Å². The Morgan fingerprint density at radius 3 is 0.830 bits per heavy atom. The van der Waals surface area contributed by atoms with Gasteiger partial charge in [-0.1, -0.05) is 105 Å². The summed E-state index contributed by atoms with van der Waals surface area (Å²) in [6.45, 7) is 14.6. The van der Waals surface area contributed by atoms with E-state index in [1.54, 1.807) is 0 Å². The molecule has 88 heavy (non-hydrogen) atoms. The van der Waals surface area contributed by atoms with E-state index in [0.717, 1.165) is 193 Å². The van der Waals surface area contributed by atoms with Crippen molar-refractivity contribution in [3.63, 3.8) is 0 Å². The lowest BCUT2D eigenvalue weighted by atomic mass is 9.74. The smallest absolute Gasteiger partial charge is 0.230 e. The minimum absolute atomic E-state index is 0.00127. The van der Waals surface area contributed by atoms with E-state index in [2.05, 4.69) is 158 Å². The Bertz CT molecular complexity index is 3370. The third-order valence-corrected chi connectivity index (χ3v) is 19.3. The van der Waals surface area contributed by atoms with E-state index in [1.807, 2.05) is 24.8 Å². The maximum absolute atomic E-state index is 7.22. The van der Waals surface area contributed by atoms with Crippen molar-refractivity contribution in [3.05, 3.63) is 189 Å². The van der Waals surface area contributed by atoms with Crippen LogP contribution in [0.2, 0.25) is 0 Å². The average molecular weight is 1180 g/mol. The third-order valence-electron chi connectivity index (χ3n) is 19.3. The third kappa shape index (κ3) is 11.5. The van der Waals surface area contributed by atoms with Crippen LogP contribution in [0.5, 0.6) is 46.0 Å². The fourth-order valence-corrected chi connectivity index (χ4v) is 14.8. The second-order valence-corrected chi connectivity index (χ2v) is 24.9. The maximum atomic E-state index is 7.22. The van der Waals surface area contributed by atoms with Crippen LogP contribution < -0.4 is 47.0 Å². The Labute approximate surface area is 520 Å². The van der Waals surface area contributed by atoms with Crippen molar-refractivity contribution in [2.24, 2.45) is 0 Å². The van der Waals surface area contributed by atoms with Gasteiger partial charge in [-0.25, -0.2) is 9.13 Å². The van der Waals surface area contributed by atoms with Crippen LogP contribution in [-0.2, 0) is 13.1 Å². The van der Waals surface area contributed by atoms with Crippen molar-refractivity contribution in [1.29, 1.82) is 0 Å². The van der Waals surface area contributed by atoms with Crippen molar-refractivity contribution in [1.82, 2.24) is 9.97 Å². The quantitative estimate of drug-likeness (QED) is 0.0481.